The fraction of sp³-hybridized carbons (Fsp3) is 0.167. The molecule has 0 saturated heterocycles. The van der Waals surface area contributed by atoms with Gasteiger partial charge in [0.1, 0.15) is 35.5 Å². The monoisotopic (exact) mass is 1110 g/mol. The van der Waals surface area contributed by atoms with Crippen LogP contribution in [-0.2, 0) is 16.2 Å². The van der Waals surface area contributed by atoms with E-state index >= 15 is 0 Å². The summed E-state index contributed by atoms with van der Waals surface area (Å²) < 4.78 is 150. The van der Waals surface area contributed by atoms with Crippen molar-refractivity contribution in [1.82, 2.24) is 9.55 Å². The van der Waals surface area contributed by atoms with Gasteiger partial charge < -0.3 is 19.3 Å². The molecule has 0 aliphatic carbocycles. The first-order valence-electron chi connectivity index (χ1n) is 35.5. The molecule has 0 spiro atoms. The summed E-state index contributed by atoms with van der Waals surface area (Å²) in [7, 11) is 0. The third-order valence-electron chi connectivity index (χ3n) is 15.5. The van der Waals surface area contributed by atoms with E-state index in [9.17, 15) is 8.22 Å². The van der Waals surface area contributed by atoms with Crippen LogP contribution in [0, 0.1) is 0 Å². The first-order valence-corrected chi connectivity index (χ1v) is 28.0. The van der Waals surface area contributed by atoms with Gasteiger partial charge in [-0.05, 0) is 128 Å². The molecule has 0 N–H and O–H groups in total. The van der Waals surface area contributed by atoms with Crippen molar-refractivity contribution >= 4 is 44.6 Å². The van der Waals surface area contributed by atoms with Gasteiger partial charge in [0.05, 0.1) is 48.7 Å². The largest absolute Gasteiger partial charge is 0.457 e. The third-order valence-corrected chi connectivity index (χ3v) is 15.5. The Morgan fingerprint density at radius 1 is 0.405 bits per heavy atom. The number of fused-ring (bicyclic) bond motifs is 4. The number of nitrogens with zero attached hydrogens (tertiary/aromatic N) is 4. The number of rotatable bonds is 11. The smallest absolute Gasteiger partial charge is 0.143 e. The van der Waals surface area contributed by atoms with Crippen molar-refractivity contribution in [3.63, 3.8) is 0 Å². The fourth-order valence-electron chi connectivity index (χ4n) is 11.1. The van der Waals surface area contributed by atoms with Crippen LogP contribution in [0.4, 0.5) is 22.7 Å². The van der Waals surface area contributed by atoms with Gasteiger partial charge >= 0.3 is 0 Å². The lowest BCUT2D eigenvalue weighted by atomic mass is 9.82. The minimum atomic E-state index is -0.656. The molecule has 12 aromatic rings. The van der Waals surface area contributed by atoms with Crippen LogP contribution < -0.4 is 19.3 Å². The highest BCUT2D eigenvalue weighted by Gasteiger charge is 2.33. The zero-order valence-corrected chi connectivity index (χ0v) is 48.3. The van der Waals surface area contributed by atoms with Crippen molar-refractivity contribution in [1.29, 1.82) is 0 Å². The van der Waals surface area contributed by atoms with Gasteiger partial charge in [0.2, 0.25) is 0 Å². The van der Waals surface area contributed by atoms with Gasteiger partial charge in [-0.25, -0.2) is 4.98 Å². The molecule has 0 fully saturated rings. The SMILES string of the molecule is [2H]c1c([2H])c([2H])c(-c2cc(C(C)(C)C)cc(-c3ccc(C(C)(C)C)cc3)c2Oc2ccnc(-n3c4ccccc4c4ccc(Oc5cccc(N6CN(c7c(-c8c([2H])c([2H])c([2H])c([2H])c8[2H])cc(C(C)(C)C)cc7-c7c([2H])c([2H])c([2H])c([2H])c7[2H])c7ccccc76)c5)cc43)c2)c([2H])c1[2H]. The van der Waals surface area contributed by atoms with Gasteiger partial charge in [0, 0.05) is 63.1 Å². The molecule has 414 valence electrons. The molecule has 0 bridgehead atoms. The van der Waals surface area contributed by atoms with Crippen molar-refractivity contribution in [2.45, 2.75) is 78.6 Å². The predicted octanol–water partition coefficient (Wildman–Crippen LogP) is 21.6. The minimum absolute atomic E-state index is 0.00610. The quantitative estimate of drug-likeness (QED) is 0.129. The maximum Gasteiger partial charge on any atom is 0.143 e. The summed E-state index contributed by atoms with van der Waals surface area (Å²) >= 11 is 0. The normalized spacial score (nSPS) is 15.2. The van der Waals surface area contributed by atoms with Crippen LogP contribution in [0.15, 0.2) is 248 Å². The summed E-state index contributed by atoms with van der Waals surface area (Å²) in [6, 6.07) is 40.6. The number of pyridine rings is 1. The van der Waals surface area contributed by atoms with Crippen LogP contribution in [0.1, 0.15) is 99.6 Å². The number of ether oxygens (including phenoxy) is 2. The van der Waals surface area contributed by atoms with E-state index < -0.39 is 89.4 Å². The summed E-state index contributed by atoms with van der Waals surface area (Å²) in [5.74, 6) is 2.08. The average Bonchev–Trinajstić information content (AvgIpc) is 1.72. The van der Waals surface area contributed by atoms with Gasteiger partial charge in [-0.3, -0.25) is 4.57 Å². The highest BCUT2D eigenvalue weighted by Crippen LogP contribution is 2.52. The Morgan fingerprint density at radius 2 is 0.917 bits per heavy atom. The molecule has 0 radical (unpaired) electrons. The zero-order valence-electron chi connectivity index (χ0n) is 63.3. The number of anilines is 4. The maximum absolute atomic E-state index is 9.35. The van der Waals surface area contributed by atoms with Crippen LogP contribution in [0.25, 0.3) is 72.1 Å². The number of hydrogen-bond acceptors (Lipinski definition) is 5. The van der Waals surface area contributed by atoms with Crippen LogP contribution in [0.3, 0.4) is 0 Å². The second-order valence-electron chi connectivity index (χ2n) is 24.2. The molecule has 6 heteroatoms. The lowest BCUT2D eigenvalue weighted by Gasteiger charge is -2.30. The first kappa shape index (κ1) is 38.9. The van der Waals surface area contributed by atoms with Gasteiger partial charge in [-0.1, -0.05) is 214 Å². The summed E-state index contributed by atoms with van der Waals surface area (Å²) in [6.07, 6.45) is 1.65. The van der Waals surface area contributed by atoms with Gasteiger partial charge in [0.25, 0.3) is 0 Å². The topological polar surface area (TPSA) is 42.8 Å². The number of benzene rings is 10. The Labute approximate surface area is 516 Å². The molecule has 1 aliphatic heterocycles. The molecule has 0 amide bonds. The van der Waals surface area contributed by atoms with Crippen LogP contribution in [0.2, 0.25) is 0 Å². The van der Waals surface area contributed by atoms with E-state index in [4.69, 9.17) is 26.8 Å². The van der Waals surface area contributed by atoms with E-state index in [1.54, 1.807) is 24.4 Å². The molecule has 10 aromatic carbocycles. The molecule has 6 nitrogen and oxygen atoms in total. The predicted molar refractivity (Wildman–Crippen MR) is 351 cm³/mol. The molecular formula is C78H70N4O2. The Hall–Kier alpha value is -9.65. The van der Waals surface area contributed by atoms with Gasteiger partial charge in [-0.2, -0.15) is 0 Å². The highest BCUT2D eigenvalue weighted by atomic mass is 16.5. The van der Waals surface area contributed by atoms with Crippen molar-refractivity contribution < 1.29 is 30.0 Å². The lowest BCUT2D eigenvalue weighted by molar-refractivity contribution is 0.483. The molecule has 0 unspecified atom stereocenters. The van der Waals surface area contributed by atoms with Gasteiger partial charge in [0.15, 0.2) is 0 Å². The second kappa shape index (κ2) is 21.3. The van der Waals surface area contributed by atoms with E-state index in [0.717, 1.165) is 38.5 Å². The van der Waals surface area contributed by atoms with Crippen molar-refractivity contribution in [3.8, 4) is 73.3 Å². The second-order valence-corrected chi connectivity index (χ2v) is 24.2. The van der Waals surface area contributed by atoms with E-state index in [-0.39, 0.29) is 57.7 Å². The van der Waals surface area contributed by atoms with E-state index in [0.29, 0.717) is 62.6 Å². The van der Waals surface area contributed by atoms with Gasteiger partial charge in [-0.15, -0.1) is 0 Å². The summed E-state index contributed by atoms with van der Waals surface area (Å²) in [5, 5.41) is 1.84. The number of para-hydroxylation sites is 3. The van der Waals surface area contributed by atoms with E-state index in [1.807, 2.05) is 150 Å². The first-order chi connectivity index (χ1) is 46.7. The Balaban J connectivity index is 0.915. The van der Waals surface area contributed by atoms with Crippen molar-refractivity contribution in [2.24, 2.45) is 0 Å². The molecular weight excluding hydrogens is 1020 g/mol. The molecule has 13 rings (SSSR count). The molecule has 3 heterocycles. The number of aromatic nitrogens is 2. The molecule has 2 aromatic heterocycles. The van der Waals surface area contributed by atoms with Crippen LogP contribution in [-0.4, -0.2) is 16.2 Å². The average molecular weight is 1110 g/mol. The molecule has 0 atom stereocenters. The minimum Gasteiger partial charge on any atom is -0.457 e. The van der Waals surface area contributed by atoms with Crippen LogP contribution >= 0.6 is 0 Å². The third kappa shape index (κ3) is 10.3. The van der Waals surface area contributed by atoms with Crippen LogP contribution in [0.5, 0.6) is 23.0 Å². The molecule has 1 aliphatic rings. The standard InChI is InChI=1S/C78H70N4O2/c1-76(2,3)56-38-36-55(37-39-56)68-47-58(78(7,8)9)46-67(54-28-17-12-18-29-54)75(68)84-62-42-43-79-73(50-62)82-69-33-20-19-32-63(69)64-41-40-61(49-72(64)82)83-60-31-23-30-59(48-60)80-51-81(71-35-22-21-34-70(71)80)74-65(52-24-13-10-14-25-52)44-57(77(4,5)6)45-66(74)53-26-15-11-16-27-53/h10-50H,51H2,1-9H3/i10D,11D,12D,13D,14D,15D,16D,17D,18D,24D,25D,26D,27D,28D,29D. The molecule has 84 heavy (non-hydrogen) atoms. The molecule has 0 saturated carbocycles. The maximum atomic E-state index is 9.35. The Bertz CT molecular complexity index is 5160. The van der Waals surface area contributed by atoms with Crippen molar-refractivity contribution in [3.05, 3.63) is 265 Å². The summed E-state index contributed by atoms with van der Waals surface area (Å²) in [5.41, 5.74) is 7.16. The summed E-state index contributed by atoms with van der Waals surface area (Å²) in [4.78, 5) is 8.88. The Morgan fingerprint density at radius 3 is 1.52 bits per heavy atom. The number of hydrogen-bond donors (Lipinski definition) is 0. The highest BCUT2D eigenvalue weighted by molar-refractivity contribution is 6.09. The van der Waals surface area contributed by atoms with E-state index in [2.05, 4.69) is 59.7 Å². The fourth-order valence-corrected chi connectivity index (χ4v) is 11.1. The Kier molecular flexibility index (Phi) is 9.86. The summed E-state index contributed by atoms with van der Waals surface area (Å²) in [6.45, 7) is 18.5. The lowest BCUT2D eigenvalue weighted by Crippen LogP contribution is -2.25. The zero-order chi connectivity index (χ0) is 71.0. The van der Waals surface area contributed by atoms with E-state index in [1.165, 1.54) is 0 Å². The van der Waals surface area contributed by atoms with Crippen molar-refractivity contribution in [2.75, 3.05) is 16.5 Å².